The van der Waals surface area contributed by atoms with Crippen molar-refractivity contribution in [2.75, 3.05) is 13.1 Å². The lowest BCUT2D eigenvalue weighted by molar-refractivity contribution is 0.228. The number of hydrogen-bond donors (Lipinski definition) is 0. The molecule has 1 aromatic carbocycles. The smallest absolute Gasteiger partial charge is 0.0944 e. The molecule has 0 aliphatic carbocycles. The van der Waals surface area contributed by atoms with Crippen molar-refractivity contribution in [3.8, 4) is 6.07 Å². The third-order valence-corrected chi connectivity index (χ3v) is 3.21. The molecule has 1 aromatic rings. The maximum Gasteiger partial charge on any atom is 0.0944 e. The molecule has 16 heavy (non-hydrogen) atoms. The minimum atomic E-state index is 0.428. The molecular formula is C14H16N2. The lowest BCUT2D eigenvalue weighted by Gasteiger charge is -2.30. The molecule has 0 N–H and O–H groups in total. The molecule has 0 saturated carbocycles. The fraction of sp³-hybridized carbons (Fsp3) is 0.357. The average molecular weight is 212 g/mol. The molecule has 0 amide bonds. The Morgan fingerprint density at radius 3 is 2.62 bits per heavy atom. The zero-order valence-electron chi connectivity index (χ0n) is 9.56. The van der Waals surface area contributed by atoms with Gasteiger partial charge < -0.3 is 0 Å². The Hall–Kier alpha value is -1.59. The van der Waals surface area contributed by atoms with Crippen LogP contribution in [0.2, 0.25) is 0 Å². The predicted octanol–water partition coefficient (Wildman–Crippen LogP) is 2.90. The monoisotopic (exact) mass is 212 g/mol. The normalized spacial score (nSPS) is 18.6. The van der Waals surface area contributed by atoms with Crippen molar-refractivity contribution in [2.24, 2.45) is 0 Å². The number of rotatable bonds is 2. The summed E-state index contributed by atoms with van der Waals surface area (Å²) in [6.07, 6.45) is 2.93. The maximum atomic E-state index is 8.80. The highest BCUT2D eigenvalue weighted by Gasteiger charge is 2.17. The zero-order chi connectivity index (χ0) is 11.4. The minimum Gasteiger partial charge on any atom is -0.293 e. The van der Waals surface area contributed by atoms with Crippen LogP contribution in [0, 0.1) is 11.3 Å². The van der Waals surface area contributed by atoms with Crippen molar-refractivity contribution < 1.29 is 0 Å². The molecule has 1 aliphatic heterocycles. The fourth-order valence-corrected chi connectivity index (χ4v) is 2.08. The molecule has 0 bridgehead atoms. The Labute approximate surface area is 96.8 Å². The first-order chi connectivity index (χ1) is 7.81. The highest BCUT2D eigenvalue weighted by Crippen LogP contribution is 2.23. The summed E-state index contributed by atoms with van der Waals surface area (Å²) in [6, 6.07) is 13.2. The van der Waals surface area contributed by atoms with Crippen LogP contribution in [0.15, 0.2) is 42.0 Å². The second-order valence-electron chi connectivity index (χ2n) is 4.17. The van der Waals surface area contributed by atoms with E-state index in [1.165, 1.54) is 5.56 Å². The molecular weight excluding hydrogens is 196 g/mol. The van der Waals surface area contributed by atoms with Crippen molar-refractivity contribution in [3.05, 3.63) is 47.5 Å². The van der Waals surface area contributed by atoms with Gasteiger partial charge in [-0.25, -0.2) is 0 Å². The third kappa shape index (κ3) is 2.32. The second kappa shape index (κ2) is 4.96. The van der Waals surface area contributed by atoms with Gasteiger partial charge in [-0.05, 0) is 18.9 Å². The van der Waals surface area contributed by atoms with E-state index in [0.717, 1.165) is 25.1 Å². The predicted molar refractivity (Wildman–Crippen MR) is 64.7 cm³/mol. The molecule has 1 aliphatic rings. The van der Waals surface area contributed by atoms with E-state index < -0.39 is 0 Å². The Kier molecular flexibility index (Phi) is 3.38. The second-order valence-corrected chi connectivity index (χ2v) is 4.17. The molecule has 1 heterocycles. The molecule has 2 nitrogen and oxygen atoms in total. The molecule has 0 aromatic heterocycles. The van der Waals surface area contributed by atoms with Crippen LogP contribution < -0.4 is 0 Å². The van der Waals surface area contributed by atoms with Crippen LogP contribution in [0.3, 0.4) is 0 Å². The number of nitrogens with zero attached hydrogens (tertiary/aromatic N) is 2. The van der Waals surface area contributed by atoms with Gasteiger partial charge in [-0.3, -0.25) is 4.90 Å². The molecule has 2 heteroatoms. The fourth-order valence-electron chi connectivity index (χ4n) is 2.08. The standard InChI is InChI=1S/C14H16N2/c1-12(14-5-3-2-4-6-14)16-9-7-13(11-15)8-10-16/h2-7,12H,8-10H2,1H3. The van der Waals surface area contributed by atoms with Gasteiger partial charge >= 0.3 is 0 Å². The van der Waals surface area contributed by atoms with Crippen molar-refractivity contribution >= 4 is 0 Å². The van der Waals surface area contributed by atoms with Crippen LogP contribution in [0.4, 0.5) is 0 Å². The summed E-state index contributed by atoms with van der Waals surface area (Å²) in [5.74, 6) is 0. The maximum absolute atomic E-state index is 8.80. The van der Waals surface area contributed by atoms with Gasteiger partial charge in [0.05, 0.1) is 6.07 Å². The summed E-state index contributed by atoms with van der Waals surface area (Å²) in [5.41, 5.74) is 2.27. The van der Waals surface area contributed by atoms with E-state index in [9.17, 15) is 0 Å². The molecule has 1 atom stereocenters. The van der Waals surface area contributed by atoms with Gasteiger partial charge in [-0.2, -0.15) is 5.26 Å². The molecule has 1 unspecified atom stereocenters. The van der Waals surface area contributed by atoms with E-state index in [4.69, 9.17) is 5.26 Å². The number of hydrogen-bond acceptors (Lipinski definition) is 2. The summed E-state index contributed by atoms with van der Waals surface area (Å²) < 4.78 is 0. The number of benzene rings is 1. The first-order valence-electron chi connectivity index (χ1n) is 5.69. The molecule has 0 saturated heterocycles. The third-order valence-electron chi connectivity index (χ3n) is 3.21. The quantitative estimate of drug-likeness (QED) is 0.753. The van der Waals surface area contributed by atoms with Crippen LogP contribution in [0.1, 0.15) is 24.9 Å². The van der Waals surface area contributed by atoms with Gasteiger partial charge in [-0.1, -0.05) is 36.4 Å². The lowest BCUT2D eigenvalue weighted by Crippen LogP contribution is -2.31. The van der Waals surface area contributed by atoms with Gasteiger partial charge in [0.15, 0.2) is 0 Å². The largest absolute Gasteiger partial charge is 0.293 e. The van der Waals surface area contributed by atoms with E-state index in [1.807, 2.05) is 12.1 Å². The summed E-state index contributed by atoms with van der Waals surface area (Å²) in [5, 5.41) is 8.80. The van der Waals surface area contributed by atoms with Crippen LogP contribution in [0.5, 0.6) is 0 Å². The number of nitriles is 1. The Balaban J connectivity index is 2.06. The van der Waals surface area contributed by atoms with E-state index in [1.54, 1.807) is 0 Å². The Morgan fingerprint density at radius 2 is 2.06 bits per heavy atom. The van der Waals surface area contributed by atoms with Crippen LogP contribution in [-0.2, 0) is 0 Å². The minimum absolute atomic E-state index is 0.428. The van der Waals surface area contributed by atoms with E-state index >= 15 is 0 Å². The SMILES string of the molecule is CC(c1ccccc1)N1CC=C(C#N)CC1. The molecule has 82 valence electrons. The van der Waals surface area contributed by atoms with Gasteiger partial charge in [0.1, 0.15) is 0 Å². The molecule has 2 rings (SSSR count). The van der Waals surface area contributed by atoms with Crippen LogP contribution in [0.25, 0.3) is 0 Å². The molecule has 0 spiro atoms. The van der Waals surface area contributed by atoms with E-state index in [2.05, 4.69) is 42.2 Å². The van der Waals surface area contributed by atoms with Gasteiger partial charge in [-0.15, -0.1) is 0 Å². The van der Waals surface area contributed by atoms with Crippen molar-refractivity contribution in [1.29, 1.82) is 5.26 Å². The first-order valence-corrected chi connectivity index (χ1v) is 5.69. The highest BCUT2D eigenvalue weighted by molar-refractivity contribution is 5.24. The summed E-state index contributed by atoms with van der Waals surface area (Å²) >= 11 is 0. The summed E-state index contributed by atoms with van der Waals surface area (Å²) in [4.78, 5) is 2.40. The topological polar surface area (TPSA) is 27.0 Å². The van der Waals surface area contributed by atoms with Crippen molar-refractivity contribution in [1.82, 2.24) is 4.90 Å². The summed E-state index contributed by atoms with van der Waals surface area (Å²) in [6.45, 7) is 4.09. The highest BCUT2D eigenvalue weighted by atomic mass is 15.1. The van der Waals surface area contributed by atoms with Gasteiger partial charge in [0.25, 0.3) is 0 Å². The first kappa shape index (κ1) is 10.9. The Morgan fingerprint density at radius 1 is 1.31 bits per heavy atom. The van der Waals surface area contributed by atoms with Gasteiger partial charge in [0, 0.05) is 24.7 Å². The lowest BCUT2D eigenvalue weighted by atomic mass is 10.0. The van der Waals surface area contributed by atoms with Crippen molar-refractivity contribution in [2.45, 2.75) is 19.4 Å². The van der Waals surface area contributed by atoms with Crippen LogP contribution >= 0.6 is 0 Å². The van der Waals surface area contributed by atoms with Crippen molar-refractivity contribution in [3.63, 3.8) is 0 Å². The van der Waals surface area contributed by atoms with E-state index in [-0.39, 0.29) is 0 Å². The summed E-state index contributed by atoms with van der Waals surface area (Å²) in [7, 11) is 0. The van der Waals surface area contributed by atoms with Crippen LogP contribution in [-0.4, -0.2) is 18.0 Å². The Bertz CT molecular complexity index is 414. The van der Waals surface area contributed by atoms with E-state index in [0.29, 0.717) is 6.04 Å². The zero-order valence-corrected chi connectivity index (χ0v) is 9.56. The average Bonchev–Trinajstić information content (AvgIpc) is 2.39. The molecule has 0 fully saturated rings. The van der Waals surface area contributed by atoms with Gasteiger partial charge in [0.2, 0.25) is 0 Å². The molecule has 0 radical (unpaired) electrons.